The maximum Gasteiger partial charge on any atom is 0.101 e. The highest BCUT2D eigenvalue weighted by Crippen LogP contribution is 2.22. The molecular formula is C18H36N2. The smallest absolute Gasteiger partial charge is 0.101 e. The molecule has 0 radical (unpaired) electrons. The van der Waals surface area contributed by atoms with E-state index in [0.29, 0.717) is 12.2 Å². The van der Waals surface area contributed by atoms with Crippen LogP contribution >= 0.6 is 0 Å². The second-order valence-electron chi connectivity index (χ2n) is 6.60. The van der Waals surface area contributed by atoms with E-state index in [1.54, 1.807) is 0 Å². The zero-order chi connectivity index (χ0) is 14.8. The van der Waals surface area contributed by atoms with Crippen LogP contribution in [-0.2, 0) is 0 Å². The summed E-state index contributed by atoms with van der Waals surface area (Å²) in [4.78, 5) is 4.86. The molecule has 1 unspecified atom stereocenters. The van der Waals surface area contributed by atoms with Crippen molar-refractivity contribution in [2.45, 2.75) is 97.2 Å². The molecule has 1 atom stereocenters. The maximum absolute atomic E-state index is 2.49. The topological polar surface area (TPSA) is 6.48 Å². The lowest BCUT2D eigenvalue weighted by Crippen LogP contribution is -2.40. The first-order valence-corrected chi connectivity index (χ1v) is 8.84. The van der Waals surface area contributed by atoms with Crippen molar-refractivity contribution in [1.82, 2.24) is 9.80 Å². The summed E-state index contributed by atoms with van der Waals surface area (Å²) in [6, 6.07) is 0.611. The van der Waals surface area contributed by atoms with Crippen LogP contribution in [0.2, 0.25) is 0 Å². The Bertz CT molecular complexity index is 260. The largest absolute Gasteiger partial charge is 0.359 e. The fourth-order valence-corrected chi connectivity index (χ4v) is 3.10. The maximum atomic E-state index is 2.49. The van der Waals surface area contributed by atoms with E-state index in [2.05, 4.69) is 50.0 Å². The molecule has 1 rings (SSSR count). The van der Waals surface area contributed by atoms with Gasteiger partial charge in [-0.3, -0.25) is 0 Å². The van der Waals surface area contributed by atoms with Crippen molar-refractivity contribution in [2.75, 3.05) is 7.05 Å². The molecule has 2 nitrogen and oxygen atoms in total. The number of hydrogen-bond donors (Lipinski definition) is 0. The fourth-order valence-electron chi connectivity index (χ4n) is 3.10. The van der Waals surface area contributed by atoms with Crippen LogP contribution in [0.25, 0.3) is 0 Å². The van der Waals surface area contributed by atoms with Crippen molar-refractivity contribution in [1.29, 1.82) is 0 Å². The summed E-state index contributed by atoms with van der Waals surface area (Å²) in [6.07, 6.45) is 19.1. The average Bonchev–Trinajstić information content (AvgIpc) is 2.78. The lowest BCUT2D eigenvalue weighted by molar-refractivity contribution is 0.134. The molecule has 0 aromatic heterocycles. The summed E-state index contributed by atoms with van der Waals surface area (Å²) < 4.78 is 0. The van der Waals surface area contributed by atoms with Gasteiger partial charge < -0.3 is 9.80 Å². The van der Waals surface area contributed by atoms with E-state index in [1.807, 2.05) is 0 Å². The first-order chi connectivity index (χ1) is 9.66. The third-order valence-corrected chi connectivity index (χ3v) is 4.45. The fraction of sp³-hybridized carbons (Fsp3) is 0.889. The summed E-state index contributed by atoms with van der Waals surface area (Å²) >= 11 is 0. The zero-order valence-corrected chi connectivity index (χ0v) is 14.3. The van der Waals surface area contributed by atoms with Crippen LogP contribution in [0.4, 0.5) is 0 Å². The molecule has 0 spiro atoms. The van der Waals surface area contributed by atoms with Gasteiger partial charge in [0, 0.05) is 25.5 Å². The van der Waals surface area contributed by atoms with E-state index in [-0.39, 0.29) is 0 Å². The summed E-state index contributed by atoms with van der Waals surface area (Å²) in [5.74, 6) is 0. The van der Waals surface area contributed by atoms with Gasteiger partial charge in [-0.1, -0.05) is 58.3 Å². The predicted molar refractivity (Wildman–Crippen MR) is 89.5 cm³/mol. The first-order valence-electron chi connectivity index (χ1n) is 8.84. The highest BCUT2D eigenvalue weighted by molar-refractivity contribution is 4.96. The Labute approximate surface area is 127 Å². The third-order valence-electron chi connectivity index (χ3n) is 4.45. The highest BCUT2D eigenvalue weighted by atomic mass is 15.4. The van der Waals surface area contributed by atoms with Gasteiger partial charge in [-0.25, -0.2) is 0 Å². The van der Waals surface area contributed by atoms with E-state index in [9.17, 15) is 0 Å². The molecule has 1 heterocycles. The minimum atomic E-state index is 0.597. The molecule has 0 N–H and O–H groups in total. The molecule has 2 heteroatoms. The van der Waals surface area contributed by atoms with Gasteiger partial charge in [-0.05, 0) is 26.7 Å². The number of hydrogen-bond acceptors (Lipinski definition) is 2. The second-order valence-corrected chi connectivity index (χ2v) is 6.60. The number of unbranched alkanes of at least 4 members (excludes halogenated alkanes) is 8. The molecule has 0 aromatic rings. The first kappa shape index (κ1) is 17.4. The predicted octanol–water partition coefficient (Wildman–Crippen LogP) is 5.36. The normalized spacial score (nSPS) is 18.6. The molecule has 0 amide bonds. The Hall–Kier alpha value is -0.660. The summed E-state index contributed by atoms with van der Waals surface area (Å²) in [6.45, 7) is 6.86. The molecule has 0 aromatic carbocycles. The summed E-state index contributed by atoms with van der Waals surface area (Å²) in [7, 11) is 2.21. The Balaban J connectivity index is 2.01. The Morgan fingerprint density at radius 1 is 0.850 bits per heavy atom. The van der Waals surface area contributed by atoms with Crippen LogP contribution < -0.4 is 0 Å². The Kier molecular flexibility index (Phi) is 8.80. The van der Waals surface area contributed by atoms with E-state index in [0.717, 1.165) is 0 Å². The monoisotopic (exact) mass is 280 g/mol. The lowest BCUT2D eigenvalue weighted by atomic mass is 10.1. The van der Waals surface area contributed by atoms with Crippen molar-refractivity contribution in [3.63, 3.8) is 0 Å². The lowest BCUT2D eigenvalue weighted by Gasteiger charge is -2.33. The average molecular weight is 281 g/mol. The molecular weight excluding hydrogens is 244 g/mol. The van der Waals surface area contributed by atoms with Crippen LogP contribution in [0, 0.1) is 0 Å². The molecule has 1 aliphatic heterocycles. The summed E-state index contributed by atoms with van der Waals surface area (Å²) in [5, 5.41) is 0. The van der Waals surface area contributed by atoms with E-state index in [1.165, 1.54) is 64.2 Å². The molecule has 0 bridgehead atoms. The SMILES string of the molecule is CCCCCCCCCCCC1N(C)C=CN1C(C)C. The van der Waals surface area contributed by atoms with Crippen molar-refractivity contribution in [3.8, 4) is 0 Å². The second kappa shape index (κ2) is 10.1. The van der Waals surface area contributed by atoms with Gasteiger partial charge in [-0.2, -0.15) is 0 Å². The van der Waals surface area contributed by atoms with E-state index >= 15 is 0 Å². The van der Waals surface area contributed by atoms with Gasteiger partial charge in [0.1, 0.15) is 6.17 Å². The van der Waals surface area contributed by atoms with E-state index < -0.39 is 0 Å². The highest BCUT2D eigenvalue weighted by Gasteiger charge is 2.24. The van der Waals surface area contributed by atoms with Gasteiger partial charge in [0.15, 0.2) is 0 Å². The Morgan fingerprint density at radius 2 is 1.40 bits per heavy atom. The van der Waals surface area contributed by atoms with Crippen LogP contribution in [0.3, 0.4) is 0 Å². The van der Waals surface area contributed by atoms with Crippen molar-refractivity contribution >= 4 is 0 Å². The molecule has 0 saturated heterocycles. The summed E-state index contributed by atoms with van der Waals surface area (Å²) in [5.41, 5.74) is 0. The number of rotatable bonds is 11. The van der Waals surface area contributed by atoms with Gasteiger partial charge >= 0.3 is 0 Å². The van der Waals surface area contributed by atoms with E-state index in [4.69, 9.17) is 0 Å². The van der Waals surface area contributed by atoms with Crippen LogP contribution in [0.1, 0.15) is 85.0 Å². The molecule has 20 heavy (non-hydrogen) atoms. The third kappa shape index (κ3) is 6.19. The van der Waals surface area contributed by atoms with Crippen LogP contribution in [0.15, 0.2) is 12.4 Å². The van der Waals surface area contributed by atoms with Crippen LogP contribution in [0.5, 0.6) is 0 Å². The van der Waals surface area contributed by atoms with Gasteiger partial charge in [0.05, 0.1) is 0 Å². The van der Waals surface area contributed by atoms with Crippen molar-refractivity contribution in [2.24, 2.45) is 0 Å². The van der Waals surface area contributed by atoms with Gasteiger partial charge in [-0.15, -0.1) is 0 Å². The molecule has 0 fully saturated rings. The van der Waals surface area contributed by atoms with Gasteiger partial charge in [0.2, 0.25) is 0 Å². The molecule has 1 aliphatic rings. The van der Waals surface area contributed by atoms with Crippen molar-refractivity contribution < 1.29 is 0 Å². The molecule has 0 aliphatic carbocycles. The molecule has 118 valence electrons. The van der Waals surface area contributed by atoms with Gasteiger partial charge in [0.25, 0.3) is 0 Å². The van der Waals surface area contributed by atoms with Crippen molar-refractivity contribution in [3.05, 3.63) is 12.4 Å². The molecule has 0 saturated carbocycles. The quantitative estimate of drug-likeness (QED) is 0.470. The van der Waals surface area contributed by atoms with Crippen LogP contribution in [-0.4, -0.2) is 29.1 Å². The number of nitrogens with zero attached hydrogens (tertiary/aromatic N) is 2. The zero-order valence-electron chi connectivity index (χ0n) is 14.3. The Morgan fingerprint density at radius 3 is 1.95 bits per heavy atom. The standard InChI is InChI=1S/C18H36N2/c1-5-6-7-8-9-10-11-12-13-14-18-19(4)15-16-20(18)17(2)3/h15-18H,5-14H2,1-4H3. The minimum Gasteiger partial charge on any atom is -0.359 e. The minimum absolute atomic E-state index is 0.597.